The maximum Gasteiger partial charge on any atom is 0.249 e. The molecule has 0 N–H and O–H groups in total. The number of carbonyl (C=O) groups is 2. The molecule has 0 bridgehead atoms. The first kappa shape index (κ1) is 25.5. The first-order chi connectivity index (χ1) is 16.0. The van der Waals surface area contributed by atoms with Crippen LogP contribution in [-0.4, -0.2) is 25.3 Å². The van der Waals surface area contributed by atoms with Gasteiger partial charge in [-0.1, -0.05) is 69.3 Å². The van der Waals surface area contributed by atoms with Crippen LogP contribution in [0.1, 0.15) is 58.2 Å². The SMILES string of the molecule is COc1cccc(OC)c1C(=O)P(=O)(C(=O)c1c(C)cc(C(C)(C)C)cc1C)c1ccccc1. The van der Waals surface area contributed by atoms with Crippen molar-refractivity contribution in [3.63, 3.8) is 0 Å². The van der Waals surface area contributed by atoms with Crippen LogP contribution in [0.3, 0.4) is 0 Å². The monoisotopic (exact) mass is 478 g/mol. The summed E-state index contributed by atoms with van der Waals surface area (Å²) >= 11 is 0. The van der Waals surface area contributed by atoms with E-state index in [0.717, 1.165) is 5.56 Å². The molecular weight excluding hydrogens is 447 g/mol. The Morgan fingerprint density at radius 2 is 1.21 bits per heavy atom. The van der Waals surface area contributed by atoms with Crippen LogP contribution in [0.4, 0.5) is 0 Å². The van der Waals surface area contributed by atoms with Crippen molar-refractivity contribution in [2.45, 2.75) is 40.0 Å². The van der Waals surface area contributed by atoms with Gasteiger partial charge in [-0.25, -0.2) is 0 Å². The highest BCUT2D eigenvalue weighted by molar-refractivity contribution is 8.01. The van der Waals surface area contributed by atoms with E-state index in [2.05, 4.69) is 20.8 Å². The van der Waals surface area contributed by atoms with Gasteiger partial charge in [-0.2, -0.15) is 0 Å². The third-order valence-corrected chi connectivity index (χ3v) is 8.56. The predicted molar refractivity (Wildman–Crippen MR) is 137 cm³/mol. The molecule has 3 rings (SSSR count). The molecule has 3 aromatic carbocycles. The second-order valence-corrected chi connectivity index (χ2v) is 11.9. The third kappa shape index (κ3) is 4.45. The molecule has 6 heteroatoms. The summed E-state index contributed by atoms with van der Waals surface area (Å²) in [4.78, 5) is 28.2. The van der Waals surface area contributed by atoms with Crippen LogP contribution in [0.25, 0.3) is 0 Å². The molecule has 0 fully saturated rings. The zero-order valence-corrected chi connectivity index (χ0v) is 21.7. The molecule has 0 aliphatic rings. The topological polar surface area (TPSA) is 69.7 Å². The van der Waals surface area contributed by atoms with Crippen molar-refractivity contribution < 1.29 is 23.6 Å². The highest BCUT2D eigenvalue weighted by Crippen LogP contribution is 2.54. The van der Waals surface area contributed by atoms with Crippen molar-refractivity contribution in [3.8, 4) is 11.5 Å². The van der Waals surface area contributed by atoms with Gasteiger partial charge in [-0.05, 0) is 48.1 Å². The molecule has 0 heterocycles. The Bertz CT molecular complexity index is 1240. The molecule has 0 saturated heterocycles. The van der Waals surface area contributed by atoms with Crippen molar-refractivity contribution in [3.05, 3.63) is 88.5 Å². The van der Waals surface area contributed by atoms with Crippen LogP contribution in [0.5, 0.6) is 11.5 Å². The second kappa shape index (κ2) is 9.60. The van der Waals surface area contributed by atoms with Gasteiger partial charge in [0, 0.05) is 10.9 Å². The number of aryl methyl sites for hydroxylation is 2. The third-order valence-electron chi connectivity index (χ3n) is 5.95. The zero-order chi connectivity index (χ0) is 25.3. The standard InChI is InChI=1S/C28H31O5P/c1-18-16-20(28(3,4)5)17-19(2)24(18)26(29)34(31,21-12-9-8-10-13-21)27(30)25-22(32-6)14-11-15-23(25)33-7/h8-17H,1-7H3. The molecule has 0 aromatic heterocycles. The van der Waals surface area contributed by atoms with E-state index in [4.69, 9.17) is 9.47 Å². The minimum Gasteiger partial charge on any atom is -0.496 e. The number of hydrogen-bond acceptors (Lipinski definition) is 5. The zero-order valence-electron chi connectivity index (χ0n) is 20.8. The summed E-state index contributed by atoms with van der Waals surface area (Å²) in [5, 5.41) is 0.177. The molecule has 1 atom stereocenters. The van der Waals surface area contributed by atoms with E-state index in [-0.39, 0.29) is 27.8 Å². The van der Waals surface area contributed by atoms with E-state index < -0.39 is 18.2 Å². The fourth-order valence-corrected chi connectivity index (χ4v) is 6.52. The van der Waals surface area contributed by atoms with Gasteiger partial charge in [0.25, 0.3) is 0 Å². The fraction of sp³-hybridized carbons (Fsp3) is 0.286. The summed E-state index contributed by atoms with van der Waals surface area (Å²) in [5.74, 6) is 0.398. The number of carbonyl (C=O) groups excluding carboxylic acids is 2. The smallest absolute Gasteiger partial charge is 0.249 e. The molecule has 0 spiro atoms. The maximum absolute atomic E-state index is 14.7. The number of rotatable bonds is 7. The Morgan fingerprint density at radius 1 is 0.735 bits per heavy atom. The minimum absolute atomic E-state index is 0.00495. The summed E-state index contributed by atoms with van der Waals surface area (Å²) in [6, 6.07) is 16.9. The molecule has 1 unspecified atom stereocenters. The number of ether oxygens (including phenoxy) is 2. The van der Waals surface area contributed by atoms with Crippen LogP contribution in [-0.2, 0) is 9.98 Å². The van der Waals surface area contributed by atoms with Crippen LogP contribution in [0.15, 0.2) is 60.7 Å². The Labute approximate surface area is 201 Å². The second-order valence-electron chi connectivity index (χ2n) is 9.33. The van der Waals surface area contributed by atoms with Gasteiger partial charge in [0.1, 0.15) is 17.1 Å². The van der Waals surface area contributed by atoms with E-state index in [1.54, 1.807) is 48.5 Å². The van der Waals surface area contributed by atoms with Crippen LogP contribution in [0, 0.1) is 13.8 Å². The molecule has 0 amide bonds. The highest BCUT2D eigenvalue weighted by atomic mass is 31.2. The van der Waals surface area contributed by atoms with Gasteiger partial charge in [0.05, 0.1) is 14.2 Å². The lowest BCUT2D eigenvalue weighted by Crippen LogP contribution is -2.23. The average Bonchev–Trinajstić information content (AvgIpc) is 2.81. The normalized spacial score (nSPS) is 13.1. The molecule has 178 valence electrons. The minimum atomic E-state index is -4.33. The Kier molecular flexibility index (Phi) is 7.18. The van der Waals surface area contributed by atoms with Crippen LogP contribution < -0.4 is 14.8 Å². The van der Waals surface area contributed by atoms with E-state index in [1.807, 2.05) is 26.0 Å². The summed E-state index contributed by atoms with van der Waals surface area (Å²) in [6.07, 6.45) is 0. The Balaban J connectivity index is 2.31. The van der Waals surface area contributed by atoms with Crippen molar-refractivity contribution in [2.24, 2.45) is 0 Å². The van der Waals surface area contributed by atoms with E-state index in [9.17, 15) is 14.2 Å². The number of methoxy groups -OCH3 is 2. The highest BCUT2D eigenvalue weighted by Gasteiger charge is 2.46. The van der Waals surface area contributed by atoms with Crippen molar-refractivity contribution in [2.75, 3.05) is 14.2 Å². The van der Waals surface area contributed by atoms with Crippen molar-refractivity contribution >= 4 is 23.5 Å². The maximum atomic E-state index is 14.7. The Hall–Kier alpha value is -3.17. The van der Waals surface area contributed by atoms with Crippen molar-refractivity contribution in [1.29, 1.82) is 0 Å². The lowest BCUT2D eigenvalue weighted by molar-refractivity contribution is 0.103. The van der Waals surface area contributed by atoms with Gasteiger partial charge in [0.15, 0.2) is 0 Å². The number of benzene rings is 3. The molecule has 3 aromatic rings. The summed E-state index contributed by atoms with van der Waals surface area (Å²) < 4.78 is 25.5. The lowest BCUT2D eigenvalue weighted by Gasteiger charge is -2.24. The summed E-state index contributed by atoms with van der Waals surface area (Å²) in [6.45, 7) is 9.91. The Morgan fingerprint density at radius 3 is 1.65 bits per heavy atom. The summed E-state index contributed by atoms with van der Waals surface area (Å²) in [7, 11) is -1.49. The van der Waals surface area contributed by atoms with E-state index in [0.29, 0.717) is 16.7 Å². The average molecular weight is 479 g/mol. The van der Waals surface area contributed by atoms with Crippen molar-refractivity contribution in [1.82, 2.24) is 0 Å². The molecule has 34 heavy (non-hydrogen) atoms. The van der Waals surface area contributed by atoms with Crippen LogP contribution in [0.2, 0.25) is 0 Å². The van der Waals surface area contributed by atoms with Gasteiger partial charge in [-0.3, -0.25) is 9.59 Å². The molecule has 0 saturated carbocycles. The predicted octanol–water partition coefficient (Wildman–Crippen LogP) is 6.29. The lowest BCUT2D eigenvalue weighted by atomic mass is 9.84. The summed E-state index contributed by atoms with van der Waals surface area (Å²) in [5.41, 5.74) is 1.12. The van der Waals surface area contributed by atoms with Gasteiger partial charge >= 0.3 is 0 Å². The van der Waals surface area contributed by atoms with Gasteiger partial charge in [0.2, 0.25) is 18.2 Å². The molecular formula is C28H31O5P. The quantitative estimate of drug-likeness (QED) is 0.374. The molecule has 0 aliphatic carbocycles. The molecule has 0 radical (unpaired) electrons. The van der Waals surface area contributed by atoms with E-state index >= 15 is 0 Å². The first-order valence-electron chi connectivity index (χ1n) is 11.0. The first-order valence-corrected chi connectivity index (χ1v) is 12.8. The molecule has 0 aliphatic heterocycles. The molecule has 5 nitrogen and oxygen atoms in total. The van der Waals surface area contributed by atoms with E-state index in [1.165, 1.54) is 14.2 Å². The van der Waals surface area contributed by atoms with Gasteiger partial charge in [-0.15, -0.1) is 0 Å². The van der Waals surface area contributed by atoms with Gasteiger partial charge < -0.3 is 14.0 Å². The largest absolute Gasteiger partial charge is 0.496 e. The van der Waals surface area contributed by atoms with Crippen LogP contribution >= 0.6 is 7.14 Å². The fourth-order valence-electron chi connectivity index (χ4n) is 4.08. The number of hydrogen-bond donors (Lipinski definition) is 0.